The molecule has 156 valence electrons. The summed E-state index contributed by atoms with van der Waals surface area (Å²) in [5.74, 6) is 0.380. The number of carbonyl (C=O) groups excluding carboxylic acids is 1. The van der Waals surface area contributed by atoms with Crippen molar-refractivity contribution >= 4 is 5.78 Å². The molecule has 0 fully saturated rings. The predicted octanol–water partition coefficient (Wildman–Crippen LogP) is 2.26. The third-order valence-corrected chi connectivity index (χ3v) is 3.71. The molecule has 0 radical (unpaired) electrons. The zero-order valence-electron chi connectivity index (χ0n) is 17.2. The average molecular weight is 386 g/mol. The lowest BCUT2D eigenvalue weighted by atomic mass is 10.1. The quantitative estimate of drug-likeness (QED) is 0.380. The molecule has 0 atom stereocenters. The molecule has 1 rings (SSSR count). The Kier molecular flexibility index (Phi) is 12.9. The normalized spacial score (nSPS) is 11.6. The van der Waals surface area contributed by atoms with Crippen LogP contribution in [0.4, 0.5) is 0 Å². The van der Waals surface area contributed by atoms with Gasteiger partial charge in [-0.15, -0.1) is 5.10 Å². The summed E-state index contributed by atoms with van der Waals surface area (Å²) in [5, 5.41) is 8.12. The minimum atomic E-state index is 0.0948. The Hall–Kier alpha value is -1.35. The molecule has 0 aliphatic heterocycles. The number of hydrogen-bond donors (Lipinski definition) is 0. The van der Waals surface area contributed by atoms with Crippen LogP contribution in [-0.4, -0.2) is 66.5 Å². The number of carbonyl (C=O) groups is 1. The Balaban J connectivity index is 1.95. The molecule has 0 aliphatic carbocycles. The van der Waals surface area contributed by atoms with Gasteiger partial charge < -0.3 is 18.9 Å². The van der Waals surface area contributed by atoms with Gasteiger partial charge in [0.05, 0.1) is 58.5 Å². The first-order chi connectivity index (χ1) is 13.0. The van der Waals surface area contributed by atoms with E-state index < -0.39 is 0 Å². The van der Waals surface area contributed by atoms with Crippen LogP contribution in [0.3, 0.4) is 0 Å². The lowest BCUT2D eigenvalue weighted by Crippen LogP contribution is -2.13. The molecule has 1 aromatic rings. The highest BCUT2D eigenvalue weighted by Gasteiger charge is 2.07. The Morgan fingerprint density at radius 2 is 1.63 bits per heavy atom. The van der Waals surface area contributed by atoms with Crippen LogP contribution in [-0.2, 0) is 36.9 Å². The van der Waals surface area contributed by atoms with Gasteiger partial charge in [0, 0.05) is 18.9 Å². The number of aromatic nitrogens is 3. The van der Waals surface area contributed by atoms with Crippen LogP contribution in [0.2, 0.25) is 0 Å². The third kappa shape index (κ3) is 12.6. The molecule has 0 unspecified atom stereocenters. The molecule has 1 aromatic heterocycles. The second-order valence-electron chi connectivity index (χ2n) is 6.89. The van der Waals surface area contributed by atoms with Crippen LogP contribution in [0.25, 0.3) is 0 Å². The highest BCUT2D eigenvalue weighted by atomic mass is 16.6. The average Bonchev–Trinajstić information content (AvgIpc) is 3.06. The van der Waals surface area contributed by atoms with Crippen LogP contribution in [0, 0.1) is 5.92 Å². The van der Waals surface area contributed by atoms with Gasteiger partial charge >= 0.3 is 0 Å². The molecular weight excluding hydrogens is 350 g/mol. The topological polar surface area (TPSA) is 84.7 Å². The molecule has 8 nitrogen and oxygen atoms in total. The fourth-order valence-corrected chi connectivity index (χ4v) is 2.18. The minimum Gasteiger partial charge on any atom is -0.377 e. The van der Waals surface area contributed by atoms with Crippen LogP contribution in [0.1, 0.15) is 46.2 Å². The van der Waals surface area contributed by atoms with E-state index in [-0.39, 0.29) is 17.8 Å². The van der Waals surface area contributed by atoms with Gasteiger partial charge in [0.1, 0.15) is 11.5 Å². The van der Waals surface area contributed by atoms with Gasteiger partial charge in [-0.05, 0) is 20.3 Å². The van der Waals surface area contributed by atoms with E-state index in [2.05, 4.69) is 10.3 Å². The molecule has 1 heterocycles. The van der Waals surface area contributed by atoms with Gasteiger partial charge in [0.15, 0.2) is 0 Å². The summed E-state index contributed by atoms with van der Waals surface area (Å²) in [6.07, 6.45) is 3.45. The van der Waals surface area contributed by atoms with E-state index in [0.29, 0.717) is 59.2 Å². The maximum absolute atomic E-state index is 11.6. The summed E-state index contributed by atoms with van der Waals surface area (Å²) < 4.78 is 23.5. The second kappa shape index (κ2) is 14.7. The lowest BCUT2D eigenvalue weighted by Gasteiger charge is -2.08. The summed E-state index contributed by atoms with van der Waals surface area (Å²) in [4.78, 5) is 11.6. The van der Waals surface area contributed by atoms with E-state index in [1.54, 1.807) is 4.68 Å². The smallest absolute Gasteiger partial charge is 0.135 e. The Morgan fingerprint density at radius 1 is 1.00 bits per heavy atom. The van der Waals surface area contributed by atoms with Gasteiger partial charge in [-0.1, -0.05) is 19.1 Å². The SMILES string of the molecule is CC(C)OCCOCCOCCOCc1cn(CCCC(=O)C(C)C)nn1. The zero-order valence-corrected chi connectivity index (χ0v) is 17.2. The molecule has 0 saturated heterocycles. The predicted molar refractivity (Wildman–Crippen MR) is 101 cm³/mol. The van der Waals surface area contributed by atoms with E-state index in [1.807, 2.05) is 33.9 Å². The van der Waals surface area contributed by atoms with Gasteiger partial charge in [-0.25, -0.2) is 0 Å². The monoisotopic (exact) mass is 385 g/mol. The molecule has 0 aromatic carbocycles. The number of ether oxygens (including phenoxy) is 4. The first-order valence-corrected chi connectivity index (χ1v) is 9.75. The van der Waals surface area contributed by atoms with Crippen molar-refractivity contribution in [1.29, 1.82) is 0 Å². The van der Waals surface area contributed by atoms with Crippen LogP contribution in [0.15, 0.2) is 6.20 Å². The number of nitrogens with zero attached hydrogens (tertiary/aromatic N) is 3. The summed E-state index contributed by atoms with van der Waals surface area (Å²) in [6.45, 7) is 12.2. The first kappa shape index (κ1) is 23.7. The molecule has 0 N–H and O–H groups in total. The molecule has 0 spiro atoms. The number of rotatable bonds is 17. The van der Waals surface area contributed by atoms with Crippen LogP contribution < -0.4 is 0 Å². The molecular formula is C19H35N3O5. The van der Waals surface area contributed by atoms with Gasteiger partial charge in [-0.2, -0.15) is 0 Å². The number of hydrogen-bond acceptors (Lipinski definition) is 7. The van der Waals surface area contributed by atoms with E-state index in [4.69, 9.17) is 18.9 Å². The van der Waals surface area contributed by atoms with Crippen molar-refractivity contribution in [2.45, 2.75) is 59.8 Å². The standard InChI is InChI=1S/C19H35N3O5/c1-16(2)19(23)6-5-7-22-14-18(20-21-22)15-26-11-10-24-8-9-25-12-13-27-17(3)4/h14,16-17H,5-13,15H2,1-4H3. The lowest BCUT2D eigenvalue weighted by molar-refractivity contribution is -0.122. The van der Waals surface area contributed by atoms with Gasteiger partial charge in [-0.3, -0.25) is 9.48 Å². The largest absolute Gasteiger partial charge is 0.377 e. The van der Waals surface area contributed by atoms with Crippen molar-refractivity contribution in [3.8, 4) is 0 Å². The molecule has 0 saturated carbocycles. The van der Waals surface area contributed by atoms with E-state index in [9.17, 15) is 4.79 Å². The number of ketones is 1. The third-order valence-electron chi connectivity index (χ3n) is 3.71. The molecule has 27 heavy (non-hydrogen) atoms. The fourth-order valence-electron chi connectivity index (χ4n) is 2.18. The Morgan fingerprint density at radius 3 is 2.26 bits per heavy atom. The maximum Gasteiger partial charge on any atom is 0.135 e. The first-order valence-electron chi connectivity index (χ1n) is 9.75. The minimum absolute atomic E-state index is 0.0948. The number of Topliss-reactive ketones (excluding diaryl/α,β-unsaturated/α-hetero) is 1. The van der Waals surface area contributed by atoms with Crippen LogP contribution >= 0.6 is 0 Å². The van der Waals surface area contributed by atoms with Crippen molar-refractivity contribution in [1.82, 2.24) is 15.0 Å². The summed E-state index contributed by atoms with van der Waals surface area (Å²) in [5.41, 5.74) is 0.777. The molecule has 8 heteroatoms. The van der Waals surface area contributed by atoms with E-state index >= 15 is 0 Å². The van der Waals surface area contributed by atoms with Gasteiger partial charge in [0.2, 0.25) is 0 Å². The summed E-state index contributed by atoms with van der Waals surface area (Å²) >= 11 is 0. The van der Waals surface area contributed by atoms with Crippen molar-refractivity contribution in [3.63, 3.8) is 0 Å². The van der Waals surface area contributed by atoms with E-state index in [1.165, 1.54) is 0 Å². The maximum atomic E-state index is 11.6. The molecule has 0 aliphatic rings. The Bertz CT molecular complexity index is 505. The number of aryl methyl sites for hydroxylation is 1. The molecule has 0 amide bonds. The summed E-state index contributed by atoms with van der Waals surface area (Å²) in [7, 11) is 0. The Labute approximate surface area is 162 Å². The fraction of sp³-hybridized carbons (Fsp3) is 0.842. The molecule has 0 bridgehead atoms. The highest BCUT2D eigenvalue weighted by Crippen LogP contribution is 2.04. The van der Waals surface area contributed by atoms with Crippen LogP contribution in [0.5, 0.6) is 0 Å². The van der Waals surface area contributed by atoms with E-state index in [0.717, 1.165) is 12.1 Å². The van der Waals surface area contributed by atoms with Crippen molar-refractivity contribution < 1.29 is 23.7 Å². The van der Waals surface area contributed by atoms with Crippen molar-refractivity contribution in [2.24, 2.45) is 5.92 Å². The highest BCUT2D eigenvalue weighted by molar-refractivity contribution is 5.80. The van der Waals surface area contributed by atoms with Crippen molar-refractivity contribution in [2.75, 3.05) is 39.6 Å². The zero-order chi connectivity index (χ0) is 19.9. The van der Waals surface area contributed by atoms with Gasteiger partial charge in [0.25, 0.3) is 0 Å². The second-order valence-corrected chi connectivity index (χ2v) is 6.89. The summed E-state index contributed by atoms with van der Waals surface area (Å²) in [6, 6.07) is 0. The van der Waals surface area contributed by atoms with Crippen molar-refractivity contribution in [3.05, 3.63) is 11.9 Å².